The van der Waals surface area contributed by atoms with E-state index in [-0.39, 0.29) is 0 Å². The molecule has 0 aromatic carbocycles. The second kappa shape index (κ2) is 8.22. The third-order valence-corrected chi connectivity index (χ3v) is 4.08. The van der Waals surface area contributed by atoms with Crippen molar-refractivity contribution < 1.29 is 0 Å². The minimum absolute atomic E-state index is 0.592. The molecule has 0 bridgehead atoms. The molecule has 0 saturated carbocycles. The van der Waals surface area contributed by atoms with Crippen LogP contribution in [0.15, 0.2) is 36.8 Å². The number of aromatic nitrogens is 3. The SMILES string of the molecule is N#Cc1cccnc1NCCCN1CCN(c2ncccn2)CC1. The standard InChI is InChI=1S/C17H21N7/c18-14-15-4-1-5-19-16(15)20-8-3-9-23-10-12-24(13-11-23)17-21-6-2-7-22-17/h1-2,4-7H,3,8-13H2,(H,19,20). The molecule has 0 unspecified atom stereocenters. The monoisotopic (exact) mass is 323 g/mol. The molecular weight excluding hydrogens is 302 g/mol. The van der Waals surface area contributed by atoms with Crippen LogP contribution < -0.4 is 10.2 Å². The lowest BCUT2D eigenvalue weighted by Crippen LogP contribution is -2.47. The highest BCUT2D eigenvalue weighted by atomic mass is 15.3. The zero-order valence-electron chi connectivity index (χ0n) is 13.6. The molecule has 3 heterocycles. The van der Waals surface area contributed by atoms with E-state index in [0.29, 0.717) is 11.4 Å². The van der Waals surface area contributed by atoms with Crippen LogP contribution in [0.2, 0.25) is 0 Å². The normalized spacial score (nSPS) is 15.0. The third kappa shape index (κ3) is 4.18. The van der Waals surface area contributed by atoms with Crippen LogP contribution in [0.5, 0.6) is 0 Å². The van der Waals surface area contributed by atoms with Gasteiger partial charge in [0.25, 0.3) is 0 Å². The molecular formula is C17H21N7. The Kier molecular flexibility index (Phi) is 5.53. The summed E-state index contributed by atoms with van der Waals surface area (Å²) in [6, 6.07) is 7.55. The Morgan fingerprint density at radius 1 is 1.04 bits per heavy atom. The Balaban J connectivity index is 1.37. The third-order valence-electron chi connectivity index (χ3n) is 4.08. The molecule has 1 saturated heterocycles. The van der Waals surface area contributed by atoms with Crippen LogP contribution in [0, 0.1) is 11.3 Å². The number of nitriles is 1. The maximum atomic E-state index is 9.04. The summed E-state index contributed by atoms with van der Waals surface area (Å²) >= 11 is 0. The lowest BCUT2D eigenvalue weighted by atomic mass is 10.2. The number of pyridine rings is 1. The van der Waals surface area contributed by atoms with Crippen molar-refractivity contribution >= 4 is 11.8 Å². The Bertz CT molecular complexity index is 675. The molecule has 0 amide bonds. The largest absolute Gasteiger partial charge is 0.369 e. The fourth-order valence-corrected chi connectivity index (χ4v) is 2.77. The van der Waals surface area contributed by atoms with E-state index in [9.17, 15) is 0 Å². The van der Waals surface area contributed by atoms with E-state index in [4.69, 9.17) is 5.26 Å². The zero-order valence-corrected chi connectivity index (χ0v) is 13.6. The summed E-state index contributed by atoms with van der Waals surface area (Å²) in [6.45, 7) is 5.79. The summed E-state index contributed by atoms with van der Waals surface area (Å²) in [5, 5.41) is 12.3. The van der Waals surface area contributed by atoms with Crippen molar-refractivity contribution in [2.45, 2.75) is 6.42 Å². The first-order valence-corrected chi connectivity index (χ1v) is 8.20. The predicted octanol–water partition coefficient (Wildman–Crippen LogP) is 1.37. The van der Waals surface area contributed by atoms with Crippen LogP contribution in [0.3, 0.4) is 0 Å². The van der Waals surface area contributed by atoms with Gasteiger partial charge < -0.3 is 10.2 Å². The average molecular weight is 323 g/mol. The van der Waals surface area contributed by atoms with E-state index < -0.39 is 0 Å². The minimum Gasteiger partial charge on any atom is -0.369 e. The number of anilines is 2. The molecule has 7 heteroatoms. The van der Waals surface area contributed by atoms with Gasteiger partial charge in [0.15, 0.2) is 0 Å². The Morgan fingerprint density at radius 3 is 2.54 bits per heavy atom. The van der Waals surface area contributed by atoms with Gasteiger partial charge in [-0.15, -0.1) is 0 Å². The van der Waals surface area contributed by atoms with Gasteiger partial charge in [-0.2, -0.15) is 5.26 Å². The Hall–Kier alpha value is -2.72. The molecule has 124 valence electrons. The fraction of sp³-hybridized carbons (Fsp3) is 0.412. The first kappa shape index (κ1) is 16.1. The number of nitrogens with one attached hydrogen (secondary N) is 1. The molecule has 7 nitrogen and oxygen atoms in total. The van der Waals surface area contributed by atoms with Gasteiger partial charge in [-0.05, 0) is 31.2 Å². The maximum absolute atomic E-state index is 9.04. The molecule has 1 aliphatic heterocycles. The van der Waals surface area contributed by atoms with Gasteiger partial charge in [0.2, 0.25) is 5.95 Å². The highest BCUT2D eigenvalue weighted by molar-refractivity contribution is 5.51. The summed E-state index contributed by atoms with van der Waals surface area (Å²) < 4.78 is 0. The van der Waals surface area contributed by atoms with Crippen LogP contribution in [0.4, 0.5) is 11.8 Å². The van der Waals surface area contributed by atoms with Crippen LogP contribution in [0.1, 0.15) is 12.0 Å². The van der Waals surface area contributed by atoms with Gasteiger partial charge in [-0.3, -0.25) is 4.90 Å². The summed E-state index contributed by atoms with van der Waals surface area (Å²) in [5.41, 5.74) is 0.592. The van der Waals surface area contributed by atoms with E-state index in [1.165, 1.54) is 0 Å². The van der Waals surface area contributed by atoms with E-state index in [0.717, 1.165) is 51.6 Å². The van der Waals surface area contributed by atoms with Crippen LogP contribution in [-0.4, -0.2) is 59.1 Å². The van der Waals surface area contributed by atoms with Gasteiger partial charge in [0.05, 0.1) is 5.56 Å². The van der Waals surface area contributed by atoms with Gasteiger partial charge in [-0.1, -0.05) is 0 Å². The first-order chi connectivity index (χ1) is 11.9. The lowest BCUT2D eigenvalue weighted by molar-refractivity contribution is 0.256. The Morgan fingerprint density at radius 2 is 1.79 bits per heavy atom. The van der Waals surface area contributed by atoms with Crippen molar-refractivity contribution in [1.82, 2.24) is 19.9 Å². The number of hydrogen-bond acceptors (Lipinski definition) is 7. The van der Waals surface area contributed by atoms with Crippen LogP contribution in [0.25, 0.3) is 0 Å². The molecule has 0 spiro atoms. The number of piperazine rings is 1. The van der Waals surface area contributed by atoms with Crippen molar-refractivity contribution in [3.8, 4) is 6.07 Å². The molecule has 1 aliphatic rings. The quantitative estimate of drug-likeness (QED) is 0.804. The second-order valence-corrected chi connectivity index (χ2v) is 5.67. The number of rotatable bonds is 6. The van der Waals surface area contributed by atoms with Gasteiger partial charge >= 0.3 is 0 Å². The van der Waals surface area contributed by atoms with E-state index in [1.807, 2.05) is 6.07 Å². The summed E-state index contributed by atoms with van der Waals surface area (Å²) in [7, 11) is 0. The van der Waals surface area contributed by atoms with E-state index in [2.05, 4.69) is 36.1 Å². The maximum Gasteiger partial charge on any atom is 0.225 e. The van der Waals surface area contributed by atoms with Crippen LogP contribution >= 0.6 is 0 Å². The molecule has 2 aromatic heterocycles. The molecule has 0 radical (unpaired) electrons. The highest BCUT2D eigenvalue weighted by Gasteiger charge is 2.18. The highest BCUT2D eigenvalue weighted by Crippen LogP contribution is 2.11. The van der Waals surface area contributed by atoms with Gasteiger partial charge in [0, 0.05) is 51.3 Å². The smallest absolute Gasteiger partial charge is 0.225 e. The topological polar surface area (TPSA) is 81.0 Å². The van der Waals surface area contributed by atoms with Gasteiger partial charge in [-0.25, -0.2) is 15.0 Å². The summed E-state index contributed by atoms with van der Waals surface area (Å²) in [4.78, 5) is 17.5. The lowest BCUT2D eigenvalue weighted by Gasteiger charge is -2.34. The number of nitrogens with zero attached hydrogens (tertiary/aromatic N) is 6. The van der Waals surface area contributed by atoms with Crippen molar-refractivity contribution in [2.24, 2.45) is 0 Å². The summed E-state index contributed by atoms with van der Waals surface area (Å²) in [5.74, 6) is 1.49. The molecule has 1 fully saturated rings. The molecule has 24 heavy (non-hydrogen) atoms. The molecule has 2 aromatic rings. The number of hydrogen-bond donors (Lipinski definition) is 1. The van der Waals surface area contributed by atoms with Crippen molar-refractivity contribution in [1.29, 1.82) is 5.26 Å². The molecule has 1 N–H and O–H groups in total. The predicted molar refractivity (Wildman–Crippen MR) is 92.7 cm³/mol. The first-order valence-electron chi connectivity index (χ1n) is 8.20. The molecule has 0 aliphatic carbocycles. The van der Waals surface area contributed by atoms with Gasteiger partial charge in [0.1, 0.15) is 11.9 Å². The summed E-state index contributed by atoms with van der Waals surface area (Å²) in [6.07, 6.45) is 6.29. The van der Waals surface area contributed by atoms with Crippen molar-refractivity contribution in [3.63, 3.8) is 0 Å². The fourth-order valence-electron chi connectivity index (χ4n) is 2.77. The molecule has 3 rings (SSSR count). The second-order valence-electron chi connectivity index (χ2n) is 5.67. The van der Waals surface area contributed by atoms with E-state index >= 15 is 0 Å². The molecule has 0 atom stereocenters. The van der Waals surface area contributed by atoms with E-state index in [1.54, 1.807) is 30.7 Å². The Labute approximate surface area is 142 Å². The van der Waals surface area contributed by atoms with Crippen molar-refractivity contribution in [2.75, 3.05) is 49.5 Å². The van der Waals surface area contributed by atoms with Crippen LogP contribution in [-0.2, 0) is 0 Å². The average Bonchev–Trinajstić information content (AvgIpc) is 2.67. The van der Waals surface area contributed by atoms with Crippen molar-refractivity contribution in [3.05, 3.63) is 42.4 Å². The zero-order chi connectivity index (χ0) is 16.6. The minimum atomic E-state index is 0.592.